The Balaban J connectivity index is 1.84. The van der Waals surface area contributed by atoms with Crippen LogP contribution in [0, 0.1) is 6.92 Å². The number of carbonyl (C=O) groups is 1. The van der Waals surface area contributed by atoms with Crippen LogP contribution in [0.1, 0.15) is 35.3 Å². The van der Waals surface area contributed by atoms with E-state index in [1.54, 1.807) is 19.5 Å². The highest BCUT2D eigenvalue weighted by Crippen LogP contribution is 2.26. The molecule has 0 aliphatic carbocycles. The summed E-state index contributed by atoms with van der Waals surface area (Å²) in [5.41, 5.74) is 4.31. The SMILES string of the molecule is COc1ccc(C)cc1NC(=O)c1cncc(N(Cc2ccccc2)C(C)C)c1. The van der Waals surface area contributed by atoms with Crippen molar-refractivity contribution in [1.82, 2.24) is 4.98 Å². The number of carbonyl (C=O) groups excluding carboxylic acids is 1. The highest BCUT2D eigenvalue weighted by atomic mass is 16.5. The van der Waals surface area contributed by atoms with Gasteiger partial charge in [0.1, 0.15) is 5.75 Å². The summed E-state index contributed by atoms with van der Waals surface area (Å²) in [4.78, 5) is 19.4. The Morgan fingerprint density at radius 3 is 2.55 bits per heavy atom. The summed E-state index contributed by atoms with van der Waals surface area (Å²) < 4.78 is 5.36. The van der Waals surface area contributed by atoms with Crippen LogP contribution in [-0.2, 0) is 6.54 Å². The van der Waals surface area contributed by atoms with Crippen molar-refractivity contribution in [3.8, 4) is 5.75 Å². The maximum absolute atomic E-state index is 12.9. The molecule has 0 unspecified atom stereocenters. The number of aryl methyl sites for hydroxylation is 1. The van der Waals surface area contributed by atoms with Crippen LogP contribution in [0.5, 0.6) is 5.75 Å². The molecule has 1 aromatic heterocycles. The molecule has 0 fully saturated rings. The molecule has 1 heterocycles. The smallest absolute Gasteiger partial charge is 0.257 e. The molecule has 0 saturated heterocycles. The van der Waals surface area contributed by atoms with Crippen molar-refractivity contribution in [3.63, 3.8) is 0 Å². The first-order chi connectivity index (χ1) is 14.0. The molecule has 3 rings (SSSR count). The number of anilines is 2. The Kier molecular flexibility index (Phi) is 6.50. The number of pyridine rings is 1. The Hall–Kier alpha value is -3.34. The van der Waals surface area contributed by atoms with Gasteiger partial charge in [-0.2, -0.15) is 0 Å². The van der Waals surface area contributed by atoms with Crippen LogP contribution in [0.4, 0.5) is 11.4 Å². The van der Waals surface area contributed by atoms with Gasteiger partial charge in [0.05, 0.1) is 30.2 Å². The third-order valence-corrected chi connectivity index (χ3v) is 4.74. The Morgan fingerprint density at radius 2 is 1.86 bits per heavy atom. The quantitative estimate of drug-likeness (QED) is 0.613. The summed E-state index contributed by atoms with van der Waals surface area (Å²) in [5.74, 6) is 0.410. The average molecular weight is 389 g/mol. The monoisotopic (exact) mass is 389 g/mol. The van der Waals surface area contributed by atoms with Crippen molar-refractivity contribution in [2.75, 3.05) is 17.3 Å². The highest BCUT2D eigenvalue weighted by molar-refractivity contribution is 6.05. The van der Waals surface area contributed by atoms with Gasteiger partial charge in [0.2, 0.25) is 0 Å². The van der Waals surface area contributed by atoms with Gasteiger partial charge >= 0.3 is 0 Å². The number of aromatic nitrogens is 1. The lowest BCUT2D eigenvalue weighted by molar-refractivity contribution is 0.102. The molecule has 3 aromatic rings. The molecule has 5 nitrogen and oxygen atoms in total. The van der Waals surface area contributed by atoms with Crippen LogP contribution in [0.25, 0.3) is 0 Å². The Labute approximate surface area is 172 Å². The summed E-state index contributed by atoms with van der Waals surface area (Å²) in [7, 11) is 1.59. The summed E-state index contributed by atoms with van der Waals surface area (Å²) in [5, 5.41) is 2.94. The van der Waals surface area contributed by atoms with E-state index in [0.717, 1.165) is 17.8 Å². The molecule has 29 heavy (non-hydrogen) atoms. The van der Waals surface area contributed by atoms with Gasteiger partial charge < -0.3 is 15.0 Å². The van der Waals surface area contributed by atoms with Gasteiger partial charge in [-0.3, -0.25) is 9.78 Å². The first-order valence-corrected chi connectivity index (χ1v) is 9.69. The average Bonchev–Trinajstić information content (AvgIpc) is 2.73. The number of nitrogens with one attached hydrogen (secondary N) is 1. The van der Waals surface area contributed by atoms with Crippen molar-refractivity contribution in [2.24, 2.45) is 0 Å². The fraction of sp³-hybridized carbons (Fsp3) is 0.250. The summed E-state index contributed by atoms with van der Waals surface area (Å²) in [6.07, 6.45) is 3.38. The number of ether oxygens (including phenoxy) is 1. The van der Waals surface area contributed by atoms with Crippen molar-refractivity contribution in [2.45, 2.75) is 33.4 Å². The zero-order chi connectivity index (χ0) is 20.8. The standard InChI is InChI=1S/C24H27N3O2/c1-17(2)27(16-19-8-6-5-7-9-19)21-13-20(14-25-15-21)24(28)26-22-12-18(3)10-11-23(22)29-4/h5-15,17H,16H2,1-4H3,(H,26,28). The number of hydrogen-bond donors (Lipinski definition) is 1. The zero-order valence-electron chi connectivity index (χ0n) is 17.3. The van der Waals surface area contributed by atoms with Crippen LogP contribution < -0.4 is 15.0 Å². The lowest BCUT2D eigenvalue weighted by Gasteiger charge is -2.29. The molecule has 1 N–H and O–H groups in total. The molecule has 0 radical (unpaired) electrons. The number of benzene rings is 2. The molecule has 0 bridgehead atoms. The van der Waals surface area contributed by atoms with E-state index in [-0.39, 0.29) is 11.9 Å². The van der Waals surface area contributed by atoms with Crippen LogP contribution in [0.3, 0.4) is 0 Å². The fourth-order valence-corrected chi connectivity index (χ4v) is 3.18. The topological polar surface area (TPSA) is 54.5 Å². The molecule has 0 saturated carbocycles. The summed E-state index contributed by atoms with van der Waals surface area (Å²) in [6, 6.07) is 18.1. The highest BCUT2D eigenvalue weighted by Gasteiger charge is 2.16. The molecule has 150 valence electrons. The van der Waals surface area contributed by atoms with Gasteiger partial charge in [-0.15, -0.1) is 0 Å². The molecule has 0 aliphatic heterocycles. The predicted molar refractivity (Wildman–Crippen MR) is 118 cm³/mol. The molecule has 0 atom stereocenters. The van der Waals surface area contributed by atoms with Crippen molar-refractivity contribution in [3.05, 3.63) is 83.7 Å². The van der Waals surface area contributed by atoms with Crippen LogP contribution in [-0.4, -0.2) is 24.0 Å². The van der Waals surface area contributed by atoms with E-state index in [1.807, 2.05) is 49.4 Å². The van der Waals surface area contributed by atoms with E-state index in [9.17, 15) is 4.79 Å². The molecule has 0 aliphatic rings. The van der Waals surface area contributed by atoms with E-state index in [4.69, 9.17) is 4.74 Å². The number of methoxy groups -OCH3 is 1. The first-order valence-electron chi connectivity index (χ1n) is 9.69. The second kappa shape index (κ2) is 9.24. The third-order valence-electron chi connectivity index (χ3n) is 4.74. The molecule has 0 spiro atoms. The van der Waals surface area contributed by atoms with Gasteiger partial charge in [0, 0.05) is 18.8 Å². The maximum atomic E-state index is 12.9. The van der Waals surface area contributed by atoms with E-state index in [2.05, 4.69) is 41.2 Å². The van der Waals surface area contributed by atoms with Gasteiger partial charge in [0.15, 0.2) is 0 Å². The summed E-state index contributed by atoms with van der Waals surface area (Å²) in [6.45, 7) is 6.99. The number of nitrogens with zero attached hydrogens (tertiary/aromatic N) is 2. The molecular formula is C24H27N3O2. The van der Waals surface area contributed by atoms with Crippen LogP contribution >= 0.6 is 0 Å². The molecule has 5 heteroatoms. The van der Waals surface area contributed by atoms with E-state index in [0.29, 0.717) is 17.0 Å². The largest absolute Gasteiger partial charge is 0.495 e. The summed E-state index contributed by atoms with van der Waals surface area (Å²) >= 11 is 0. The zero-order valence-corrected chi connectivity index (χ0v) is 17.3. The lowest BCUT2D eigenvalue weighted by Crippen LogP contribution is -2.30. The van der Waals surface area contributed by atoms with Crippen molar-refractivity contribution < 1.29 is 9.53 Å². The predicted octanol–water partition coefficient (Wildman–Crippen LogP) is 5.07. The van der Waals surface area contributed by atoms with E-state index >= 15 is 0 Å². The lowest BCUT2D eigenvalue weighted by atomic mass is 10.1. The number of amides is 1. The van der Waals surface area contributed by atoms with E-state index in [1.165, 1.54) is 5.56 Å². The van der Waals surface area contributed by atoms with Gasteiger partial charge in [-0.25, -0.2) is 0 Å². The first kappa shape index (κ1) is 20.4. The van der Waals surface area contributed by atoms with Crippen LogP contribution in [0.15, 0.2) is 67.0 Å². The molecule has 1 amide bonds. The third kappa shape index (κ3) is 5.13. The fourth-order valence-electron chi connectivity index (χ4n) is 3.18. The maximum Gasteiger partial charge on any atom is 0.257 e. The second-order valence-electron chi connectivity index (χ2n) is 7.30. The van der Waals surface area contributed by atoms with Gasteiger partial charge in [0.25, 0.3) is 5.91 Å². The molecular weight excluding hydrogens is 362 g/mol. The number of hydrogen-bond acceptors (Lipinski definition) is 4. The van der Waals surface area contributed by atoms with Crippen molar-refractivity contribution in [1.29, 1.82) is 0 Å². The Morgan fingerprint density at radius 1 is 1.10 bits per heavy atom. The second-order valence-corrected chi connectivity index (χ2v) is 7.30. The van der Waals surface area contributed by atoms with Crippen LogP contribution in [0.2, 0.25) is 0 Å². The van der Waals surface area contributed by atoms with E-state index < -0.39 is 0 Å². The van der Waals surface area contributed by atoms with Gasteiger partial charge in [-0.1, -0.05) is 36.4 Å². The molecule has 2 aromatic carbocycles. The van der Waals surface area contributed by atoms with Crippen molar-refractivity contribution >= 4 is 17.3 Å². The van der Waals surface area contributed by atoms with Gasteiger partial charge in [-0.05, 0) is 50.1 Å². The normalized spacial score (nSPS) is 10.7. The minimum Gasteiger partial charge on any atom is -0.495 e. The Bertz CT molecular complexity index is 971. The minimum atomic E-state index is -0.216. The minimum absolute atomic E-state index is 0.216. The number of rotatable bonds is 7.